The van der Waals surface area contributed by atoms with Crippen LogP contribution in [0, 0.1) is 5.92 Å². The summed E-state index contributed by atoms with van der Waals surface area (Å²) in [5, 5.41) is 9.64. The molecule has 1 fully saturated rings. The fourth-order valence-electron chi connectivity index (χ4n) is 2.80. The van der Waals surface area contributed by atoms with Gasteiger partial charge in [0, 0.05) is 30.8 Å². The molecule has 0 spiro atoms. The van der Waals surface area contributed by atoms with Gasteiger partial charge in [0.05, 0.1) is 6.10 Å². The van der Waals surface area contributed by atoms with Gasteiger partial charge in [0.2, 0.25) is 0 Å². The number of rotatable bonds is 4. The third-order valence-electron chi connectivity index (χ3n) is 4.09. The Morgan fingerprint density at radius 1 is 1.37 bits per heavy atom. The van der Waals surface area contributed by atoms with Gasteiger partial charge < -0.3 is 10.0 Å². The number of carbonyl (C=O) groups is 1. The standard InChI is InChI=1S/C16H23NO2/c1-3-16(19)14-6-4-5-7-15(14)17-10-8-13(9-11-17)12(2)18/h4-7,12-13,18H,3,8-11H2,1-2H3. The van der Waals surface area contributed by atoms with Crippen molar-refractivity contribution in [2.75, 3.05) is 18.0 Å². The molecule has 0 amide bonds. The van der Waals surface area contributed by atoms with Crippen molar-refractivity contribution in [3.63, 3.8) is 0 Å². The van der Waals surface area contributed by atoms with Gasteiger partial charge >= 0.3 is 0 Å². The minimum atomic E-state index is -0.227. The second-order valence-corrected chi connectivity index (χ2v) is 5.36. The lowest BCUT2D eigenvalue weighted by Crippen LogP contribution is -2.37. The van der Waals surface area contributed by atoms with Crippen LogP contribution in [0.4, 0.5) is 5.69 Å². The maximum Gasteiger partial charge on any atom is 0.164 e. The van der Waals surface area contributed by atoms with Gasteiger partial charge in [-0.3, -0.25) is 4.79 Å². The summed E-state index contributed by atoms with van der Waals surface area (Å²) >= 11 is 0. The van der Waals surface area contributed by atoms with E-state index >= 15 is 0 Å². The highest BCUT2D eigenvalue weighted by Gasteiger charge is 2.24. The molecule has 104 valence electrons. The summed E-state index contributed by atoms with van der Waals surface area (Å²) in [5.74, 6) is 0.596. The number of aliphatic hydroxyl groups excluding tert-OH is 1. The van der Waals surface area contributed by atoms with E-state index in [9.17, 15) is 9.90 Å². The van der Waals surface area contributed by atoms with Crippen LogP contribution in [0.2, 0.25) is 0 Å². The zero-order valence-corrected chi connectivity index (χ0v) is 11.8. The van der Waals surface area contributed by atoms with E-state index in [1.165, 1.54) is 0 Å². The first kappa shape index (κ1) is 14.1. The van der Waals surface area contributed by atoms with E-state index in [1.807, 2.05) is 38.1 Å². The fourth-order valence-corrected chi connectivity index (χ4v) is 2.80. The molecule has 1 aromatic carbocycles. The molecule has 3 heteroatoms. The van der Waals surface area contributed by atoms with Crippen molar-refractivity contribution in [1.82, 2.24) is 0 Å². The van der Waals surface area contributed by atoms with E-state index in [4.69, 9.17) is 0 Å². The van der Waals surface area contributed by atoms with Crippen LogP contribution in [0.1, 0.15) is 43.5 Å². The van der Waals surface area contributed by atoms with Crippen LogP contribution in [0.3, 0.4) is 0 Å². The van der Waals surface area contributed by atoms with Crippen molar-refractivity contribution in [2.24, 2.45) is 5.92 Å². The van der Waals surface area contributed by atoms with Gasteiger partial charge in [-0.05, 0) is 37.8 Å². The van der Waals surface area contributed by atoms with Crippen molar-refractivity contribution < 1.29 is 9.90 Å². The van der Waals surface area contributed by atoms with E-state index in [1.54, 1.807) is 0 Å². The van der Waals surface area contributed by atoms with Crippen LogP contribution in [0.25, 0.3) is 0 Å². The smallest absolute Gasteiger partial charge is 0.164 e. The minimum absolute atomic E-state index is 0.202. The summed E-state index contributed by atoms with van der Waals surface area (Å²) in [7, 11) is 0. The van der Waals surface area contributed by atoms with E-state index in [2.05, 4.69) is 4.90 Å². The lowest BCUT2D eigenvalue weighted by Gasteiger charge is -2.35. The van der Waals surface area contributed by atoms with Gasteiger partial charge in [0.15, 0.2) is 5.78 Å². The first-order valence-electron chi connectivity index (χ1n) is 7.18. The Labute approximate surface area is 115 Å². The Bertz CT molecular complexity index is 434. The Morgan fingerprint density at radius 2 is 2.00 bits per heavy atom. The topological polar surface area (TPSA) is 40.5 Å². The van der Waals surface area contributed by atoms with Crippen molar-refractivity contribution in [3.8, 4) is 0 Å². The number of nitrogens with zero attached hydrogens (tertiary/aromatic N) is 1. The normalized spacial score (nSPS) is 18.4. The molecule has 1 N–H and O–H groups in total. The number of benzene rings is 1. The van der Waals surface area contributed by atoms with Crippen LogP contribution in [0.5, 0.6) is 0 Å². The highest BCUT2D eigenvalue weighted by molar-refractivity contribution is 6.01. The number of hydrogen-bond donors (Lipinski definition) is 1. The first-order chi connectivity index (χ1) is 9.13. The van der Waals surface area contributed by atoms with Gasteiger partial charge in [0.25, 0.3) is 0 Å². The summed E-state index contributed by atoms with van der Waals surface area (Å²) in [6.45, 7) is 5.61. The van der Waals surface area contributed by atoms with Crippen LogP contribution in [-0.4, -0.2) is 30.1 Å². The van der Waals surface area contributed by atoms with Gasteiger partial charge in [0.1, 0.15) is 0 Å². The van der Waals surface area contributed by atoms with E-state index < -0.39 is 0 Å². The number of ketones is 1. The zero-order chi connectivity index (χ0) is 13.8. The van der Waals surface area contributed by atoms with E-state index in [-0.39, 0.29) is 11.9 Å². The molecule has 19 heavy (non-hydrogen) atoms. The third-order valence-corrected chi connectivity index (χ3v) is 4.09. The number of aliphatic hydroxyl groups is 1. The maximum atomic E-state index is 12.0. The Morgan fingerprint density at radius 3 is 2.58 bits per heavy atom. The predicted molar refractivity (Wildman–Crippen MR) is 77.7 cm³/mol. The quantitative estimate of drug-likeness (QED) is 0.847. The summed E-state index contributed by atoms with van der Waals surface area (Å²) in [6.07, 6.45) is 2.30. The Balaban J connectivity index is 2.13. The van der Waals surface area contributed by atoms with Crippen molar-refractivity contribution in [2.45, 2.75) is 39.2 Å². The minimum Gasteiger partial charge on any atom is -0.393 e. The number of para-hydroxylation sites is 1. The average Bonchev–Trinajstić information content (AvgIpc) is 2.46. The number of Topliss-reactive ketones (excluding diaryl/α,β-unsaturated/α-hetero) is 1. The molecule has 1 atom stereocenters. The molecule has 2 rings (SSSR count). The lowest BCUT2D eigenvalue weighted by molar-refractivity contribution is 0.0986. The molecule has 1 saturated heterocycles. The molecular formula is C16H23NO2. The van der Waals surface area contributed by atoms with Crippen LogP contribution < -0.4 is 4.90 Å². The van der Waals surface area contributed by atoms with E-state index in [0.717, 1.165) is 37.2 Å². The number of hydrogen-bond acceptors (Lipinski definition) is 3. The molecule has 0 bridgehead atoms. The molecule has 1 heterocycles. The number of piperidine rings is 1. The van der Waals surface area contributed by atoms with Crippen molar-refractivity contribution in [1.29, 1.82) is 0 Å². The molecule has 0 radical (unpaired) electrons. The molecule has 0 aromatic heterocycles. The second kappa shape index (κ2) is 6.20. The largest absolute Gasteiger partial charge is 0.393 e. The lowest BCUT2D eigenvalue weighted by atomic mass is 9.91. The maximum absolute atomic E-state index is 12.0. The molecule has 1 aromatic rings. The molecule has 1 unspecified atom stereocenters. The molecule has 0 aliphatic carbocycles. The van der Waals surface area contributed by atoms with Gasteiger partial charge in [-0.15, -0.1) is 0 Å². The van der Waals surface area contributed by atoms with Gasteiger partial charge in [-0.25, -0.2) is 0 Å². The molecular weight excluding hydrogens is 238 g/mol. The van der Waals surface area contributed by atoms with Crippen LogP contribution in [-0.2, 0) is 0 Å². The first-order valence-corrected chi connectivity index (χ1v) is 7.18. The zero-order valence-electron chi connectivity index (χ0n) is 11.8. The summed E-state index contributed by atoms with van der Waals surface area (Å²) in [5.41, 5.74) is 1.89. The third kappa shape index (κ3) is 3.16. The average molecular weight is 261 g/mol. The highest BCUT2D eigenvalue weighted by atomic mass is 16.3. The van der Waals surface area contributed by atoms with Crippen molar-refractivity contribution >= 4 is 11.5 Å². The van der Waals surface area contributed by atoms with Gasteiger partial charge in [-0.2, -0.15) is 0 Å². The molecule has 1 aliphatic rings. The van der Waals surface area contributed by atoms with Crippen LogP contribution >= 0.6 is 0 Å². The Kier molecular flexibility index (Phi) is 4.59. The van der Waals surface area contributed by atoms with E-state index in [0.29, 0.717) is 12.3 Å². The second-order valence-electron chi connectivity index (χ2n) is 5.36. The van der Waals surface area contributed by atoms with Gasteiger partial charge in [-0.1, -0.05) is 19.1 Å². The fraction of sp³-hybridized carbons (Fsp3) is 0.562. The monoisotopic (exact) mass is 261 g/mol. The molecule has 3 nitrogen and oxygen atoms in total. The summed E-state index contributed by atoms with van der Waals surface area (Å²) in [4.78, 5) is 14.3. The number of carbonyl (C=O) groups excluding carboxylic acids is 1. The molecule has 1 aliphatic heterocycles. The summed E-state index contributed by atoms with van der Waals surface area (Å²) in [6, 6.07) is 7.87. The molecule has 0 saturated carbocycles. The highest BCUT2D eigenvalue weighted by Crippen LogP contribution is 2.28. The SMILES string of the molecule is CCC(=O)c1ccccc1N1CCC(C(C)O)CC1. The van der Waals surface area contributed by atoms with Crippen LogP contribution in [0.15, 0.2) is 24.3 Å². The Hall–Kier alpha value is -1.35. The number of anilines is 1. The van der Waals surface area contributed by atoms with Crippen molar-refractivity contribution in [3.05, 3.63) is 29.8 Å². The summed E-state index contributed by atoms with van der Waals surface area (Å²) < 4.78 is 0. The predicted octanol–water partition coefficient (Wildman–Crippen LogP) is 2.88.